The standard InChI is InChI=1S/C15H23NO4S/c1-15(2,3)20-14(17)16-10-9-12-5-7-13(8-6-12)11-21(4,18)19/h5-8H,9-11H2,1-4H3,(H,16,17). The van der Waals surface area contributed by atoms with E-state index >= 15 is 0 Å². The van der Waals surface area contributed by atoms with Gasteiger partial charge in [0.2, 0.25) is 0 Å². The molecule has 1 aromatic rings. The Hall–Kier alpha value is -1.56. The van der Waals surface area contributed by atoms with Crippen molar-refractivity contribution >= 4 is 15.9 Å². The number of ether oxygens (including phenoxy) is 1. The Labute approximate surface area is 126 Å². The number of hydrogen-bond donors (Lipinski definition) is 1. The molecule has 1 amide bonds. The summed E-state index contributed by atoms with van der Waals surface area (Å²) in [5, 5.41) is 2.68. The Morgan fingerprint density at radius 1 is 1.14 bits per heavy atom. The van der Waals surface area contributed by atoms with Gasteiger partial charge in [-0.1, -0.05) is 24.3 Å². The molecule has 0 heterocycles. The van der Waals surface area contributed by atoms with Crippen molar-refractivity contribution in [2.75, 3.05) is 12.8 Å². The van der Waals surface area contributed by atoms with Crippen LogP contribution in [0.5, 0.6) is 0 Å². The third-order valence-electron chi connectivity index (χ3n) is 2.53. The number of benzene rings is 1. The molecule has 1 N–H and O–H groups in total. The molecule has 6 heteroatoms. The molecular formula is C15H23NO4S. The van der Waals surface area contributed by atoms with E-state index in [1.807, 2.05) is 32.9 Å². The van der Waals surface area contributed by atoms with Crippen LogP contribution in [0.15, 0.2) is 24.3 Å². The highest BCUT2D eigenvalue weighted by atomic mass is 32.2. The lowest BCUT2D eigenvalue weighted by Crippen LogP contribution is -2.33. The predicted molar refractivity (Wildman–Crippen MR) is 82.9 cm³/mol. The highest BCUT2D eigenvalue weighted by Gasteiger charge is 2.15. The Morgan fingerprint density at radius 2 is 1.67 bits per heavy atom. The Kier molecular flexibility index (Phi) is 5.78. The van der Waals surface area contributed by atoms with Gasteiger partial charge in [-0.25, -0.2) is 13.2 Å². The Balaban J connectivity index is 2.41. The number of amides is 1. The molecule has 0 aliphatic carbocycles. The molecule has 0 aliphatic rings. The quantitative estimate of drug-likeness (QED) is 0.905. The van der Waals surface area contributed by atoms with E-state index < -0.39 is 21.5 Å². The van der Waals surface area contributed by atoms with Gasteiger partial charge in [0.25, 0.3) is 0 Å². The molecule has 0 spiro atoms. The van der Waals surface area contributed by atoms with Crippen LogP contribution in [0.1, 0.15) is 31.9 Å². The van der Waals surface area contributed by atoms with Crippen molar-refractivity contribution in [3.05, 3.63) is 35.4 Å². The van der Waals surface area contributed by atoms with Crippen LogP contribution in [0.3, 0.4) is 0 Å². The van der Waals surface area contributed by atoms with E-state index in [1.165, 1.54) is 6.26 Å². The Morgan fingerprint density at radius 3 is 2.14 bits per heavy atom. The van der Waals surface area contributed by atoms with Crippen LogP contribution in [0.4, 0.5) is 4.79 Å². The third-order valence-corrected chi connectivity index (χ3v) is 3.39. The van der Waals surface area contributed by atoms with Crippen LogP contribution in [-0.4, -0.2) is 32.9 Å². The third kappa shape index (κ3) is 8.34. The number of carbonyl (C=O) groups is 1. The maximum Gasteiger partial charge on any atom is 0.407 e. The summed E-state index contributed by atoms with van der Waals surface area (Å²) in [5.74, 6) is 0.0451. The summed E-state index contributed by atoms with van der Waals surface area (Å²) >= 11 is 0. The highest BCUT2D eigenvalue weighted by Crippen LogP contribution is 2.09. The minimum absolute atomic E-state index is 0.0451. The molecule has 0 aromatic heterocycles. The molecule has 0 aliphatic heterocycles. The molecule has 0 radical (unpaired) electrons. The molecular weight excluding hydrogens is 290 g/mol. The zero-order valence-electron chi connectivity index (χ0n) is 13.0. The van der Waals surface area contributed by atoms with Gasteiger partial charge >= 0.3 is 6.09 Å². The minimum atomic E-state index is -3.01. The summed E-state index contributed by atoms with van der Waals surface area (Å²) in [6.45, 7) is 5.91. The van der Waals surface area contributed by atoms with Gasteiger partial charge in [0.1, 0.15) is 5.60 Å². The first-order valence-electron chi connectivity index (χ1n) is 6.77. The van der Waals surface area contributed by atoms with Crippen molar-refractivity contribution in [3.8, 4) is 0 Å². The summed E-state index contributed by atoms with van der Waals surface area (Å²) in [6, 6.07) is 7.34. The number of rotatable bonds is 5. The average Bonchev–Trinajstić information content (AvgIpc) is 2.27. The molecule has 0 atom stereocenters. The zero-order chi connectivity index (χ0) is 16.1. The normalized spacial score (nSPS) is 12.0. The van der Waals surface area contributed by atoms with Gasteiger partial charge < -0.3 is 10.1 Å². The second kappa shape index (κ2) is 6.93. The maximum absolute atomic E-state index is 11.5. The first-order valence-corrected chi connectivity index (χ1v) is 8.84. The largest absolute Gasteiger partial charge is 0.444 e. The first-order chi connectivity index (χ1) is 9.55. The fourth-order valence-corrected chi connectivity index (χ4v) is 2.53. The van der Waals surface area contributed by atoms with Crippen LogP contribution in [0, 0.1) is 0 Å². The van der Waals surface area contributed by atoms with Gasteiger partial charge in [-0.2, -0.15) is 0 Å². The van der Waals surface area contributed by atoms with Gasteiger partial charge in [-0.15, -0.1) is 0 Å². The number of hydrogen-bond acceptors (Lipinski definition) is 4. The molecule has 118 valence electrons. The second-order valence-corrected chi connectivity index (χ2v) is 8.21. The average molecular weight is 313 g/mol. The van der Waals surface area contributed by atoms with Crippen molar-refractivity contribution in [1.29, 1.82) is 0 Å². The lowest BCUT2D eigenvalue weighted by Gasteiger charge is -2.19. The summed E-state index contributed by atoms with van der Waals surface area (Å²) in [4.78, 5) is 11.5. The lowest BCUT2D eigenvalue weighted by molar-refractivity contribution is 0.0528. The number of sulfone groups is 1. The molecule has 0 bridgehead atoms. The molecule has 0 saturated heterocycles. The topological polar surface area (TPSA) is 72.5 Å². The smallest absolute Gasteiger partial charge is 0.407 e. The zero-order valence-corrected chi connectivity index (χ0v) is 13.8. The first kappa shape index (κ1) is 17.5. The summed E-state index contributed by atoms with van der Waals surface area (Å²) in [7, 11) is -3.01. The Bertz CT molecular complexity index is 571. The second-order valence-electron chi connectivity index (χ2n) is 6.07. The van der Waals surface area contributed by atoms with Gasteiger partial charge in [-0.05, 0) is 38.3 Å². The molecule has 1 aromatic carbocycles. The van der Waals surface area contributed by atoms with E-state index in [-0.39, 0.29) is 5.75 Å². The van der Waals surface area contributed by atoms with Crippen molar-refractivity contribution in [2.24, 2.45) is 0 Å². The van der Waals surface area contributed by atoms with Crippen LogP contribution in [-0.2, 0) is 26.7 Å². The van der Waals surface area contributed by atoms with E-state index in [9.17, 15) is 13.2 Å². The van der Waals surface area contributed by atoms with Crippen molar-refractivity contribution in [2.45, 2.75) is 38.5 Å². The van der Waals surface area contributed by atoms with Crippen molar-refractivity contribution in [3.63, 3.8) is 0 Å². The van der Waals surface area contributed by atoms with E-state index in [4.69, 9.17) is 4.74 Å². The van der Waals surface area contributed by atoms with Gasteiger partial charge in [0.15, 0.2) is 9.84 Å². The van der Waals surface area contributed by atoms with Gasteiger partial charge in [0, 0.05) is 12.8 Å². The molecule has 21 heavy (non-hydrogen) atoms. The predicted octanol–water partition coefficient (Wildman–Crippen LogP) is 2.30. The summed E-state index contributed by atoms with van der Waals surface area (Å²) < 4.78 is 27.5. The maximum atomic E-state index is 11.5. The summed E-state index contributed by atoms with van der Waals surface area (Å²) in [5.41, 5.74) is 1.29. The number of carbonyl (C=O) groups excluding carboxylic acids is 1. The van der Waals surface area contributed by atoms with Crippen LogP contribution < -0.4 is 5.32 Å². The molecule has 0 fully saturated rings. The number of alkyl carbamates (subject to hydrolysis) is 1. The van der Waals surface area contributed by atoms with E-state index in [1.54, 1.807) is 12.1 Å². The van der Waals surface area contributed by atoms with E-state index in [0.29, 0.717) is 13.0 Å². The van der Waals surface area contributed by atoms with Crippen molar-refractivity contribution in [1.82, 2.24) is 5.32 Å². The molecule has 5 nitrogen and oxygen atoms in total. The molecule has 0 saturated carbocycles. The lowest BCUT2D eigenvalue weighted by atomic mass is 10.1. The summed E-state index contributed by atoms with van der Waals surface area (Å²) in [6.07, 6.45) is 1.44. The molecule has 0 unspecified atom stereocenters. The van der Waals surface area contributed by atoms with Gasteiger partial charge in [0.05, 0.1) is 5.75 Å². The van der Waals surface area contributed by atoms with E-state index in [0.717, 1.165) is 11.1 Å². The SMILES string of the molecule is CC(C)(C)OC(=O)NCCc1ccc(CS(C)(=O)=O)cc1. The van der Waals surface area contributed by atoms with Gasteiger partial charge in [-0.3, -0.25) is 0 Å². The minimum Gasteiger partial charge on any atom is -0.444 e. The fraction of sp³-hybridized carbons (Fsp3) is 0.533. The molecule has 1 rings (SSSR count). The monoisotopic (exact) mass is 313 g/mol. The number of nitrogens with one attached hydrogen (secondary N) is 1. The van der Waals surface area contributed by atoms with Crippen molar-refractivity contribution < 1.29 is 17.9 Å². The van der Waals surface area contributed by atoms with Crippen LogP contribution in [0.25, 0.3) is 0 Å². The highest BCUT2D eigenvalue weighted by molar-refractivity contribution is 7.89. The van der Waals surface area contributed by atoms with Crippen LogP contribution >= 0.6 is 0 Å². The fourth-order valence-electron chi connectivity index (χ4n) is 1.73. The van der Waals surface area contributed by atoms with E-state index in [2.05, 4.69) is 5.32 Å². The van der Waals surface area contributed by atoms with Crippen LogP contribution in [0.2, 0.25) is 0 Å².